The Balaban J connectivity index is 1.72. The van der Waals surface area contributed by atoms with E-state index in [9.17, 15) is 34.8 Å². The second-order valence-corrected chi connectivity index (χ2v) is 7.93. The molecule has 2 bridgehead atoms. The fourth-order valence-electron chi connectivity index (χ4n) is 3.46. The van der Waals surface area contributed by atoms with Gasteiger partial charge in [-0.3, -0.25) is 4.18 Å². The van der Waals surface area contributed by atoms with Crippen LogP contribution in [0, 0.1) is 11.8 Å². The number of nitrogens with zero attached hydrogens (tertiary/aromatic N) is 2. The molecule has 146 valence electrons. The van der Waals surface area contributed by atoms with Crippen molar-refractivity contribution in [2.24, 2.45) is 11.8 Å². The van der Waals surface area contributed by atoms with Crippen molar-refractivity contribution in [1.82, 2.24) is 4.98 Å². The Bertz CT molecular complexity index is 748. The maximum absolute atomic E-state index is 12.6. The summed E-state index contributed by atoms with van der Waals surface area (Å²) in [6.07, 6.45) is -3.97. The van der Waals surface area contributed by atoms with Crippen molar-refractivity contribution in [1.29, 1.82) is 0 Å². The predicted octanol–water partition coefficient (Wildman–Crippen LogP) is 3.18. The van der Waals surface area contributed by atoms with Crippen molar-refractivity contribution in [2.75, 3.05) is 18.0 Å². The first kappa shape index (κ1) is 19.2. The van der Waals surface area contributed by atoms with Gasteiger partial charge in [-0.05, 0) is 25.0 Å². The van der Waals surface area contributed by atoms with E-state index in [1.807, 2.05) is 0 Å². The Morgan fingerprint density at radius 3 is 2.04 bits per heavy atom. The topological polar surface area (TPSA) is 59.5 Å². The van der Waals surface area contributed by atoms with Gasteiger partial charge in [0.1, 0.15) is 5.82 Å². The zero-order chi connectivity index (χ0) is 19.3. The van der Waals surface area contributed by atoms with Gasteiger partial charge in [0.15, 0.2) is 0 Å². The summed E-state index contributed by atoms with van der Waals surface area (Å²) in [6, 6.07) is 2.07. The van der Waals surface area contributed by atoms with E-state index in [1.54, 1.807) is 4.90 Å². The van der Waals surface area contributed by atoms with Gasteiger partial charge in [-0.1, -0.05) is 0 Å². The average Bonchev–Trinajstić information content (AvgIpc) is 2.75. The summed E-state index contributed by atoms with van der Waals surface area (Å²) in [4.78, 5) is 5.41. The summed E-state index contributed by atoms with van der Waals surface area (Å²) in [6.45, 7) is 0.319. The smallest absolute Gasteiger partial charge is 0.356 e. The molecule has 1 aliphatic heterocycles. The molecule has 0 amide bonds. The van der Waals surface area contributed by atoms with Gasteiger partial charge in [-0.2, -0.15) is 34.8 Å². The van der Waals surface area contributed by atoms with E-state index in [0.29, 0.717) is 19.0 Å². The van der Waals surface area contributed by atoms with Crippen molar-refractivity contribution in [2.45, 2.75) is 30.6 Å². The van der Waals surface area contributed by atoms with Crippen molar-refractivity contribution >= 4 is 15.9 Å². The number of pyridine rings is 1. The quantitative estimate of drug-likeness (QED) is 0.440. The predicted molar refractivity (Wildman–Crippen MR) is 77.5 cm³/mol. The van der Waals surface area contributed by atoms with E-state index in [2.05, 4.69) is 9.17 Å². The highest BCUT2D eigenvalue weighted by Crippen LogP contribution is 2.42. The van der Waals surface area contributed by atoms with Crippen LogP contribution in [0.3, 0.4) is 0 Å². The number of alkyl halides is 6. The maximum atomic E-state index is 12.6. The van der Waals surface area contributed by atoms with Crippen molar-refractivity contribution in [3.8, 4) is 0 Å². The third-order valence-electron chi connectivity index (χ3n) is 4.67. The maximum Gasteiger partial charge on any atom is 0.523 e. The van der Waals surface area contributed by atoms with Crippen LogP contribution in [0.25, 0.3) is 0 Å². The van der Waals surface area contributed by atoms with Crippen LogP contribution in [-0.2, 0) is 20.5 Å². The second-order valence-electron chi connectivity index (χ2n) is 6.37. The fraction of sp³-hybridized carbons (Fsp3) is 0.643. The third kappa shape index (κ3) is 3.61. The van der Waals surface area contributed by atoms with Crippen LogP contribution in [0.1, 0.15) is 18.4 Å². The largest absolute Gasteiger partial charge is 0.523 e. The van der Waals surface area contributed by atoms with Crippen molar-refractivity contribution < 1.29 is 38.9 Å². The highest BCUT2D eigenvalue weighted by molar-refractivity contribution is 7.87. The normalized spacial score (nSPS) is 27.0. The molecule has 3 rings (SSSR count). The van der Waals surface area contributed by atoms with E-state index in [0.717, 1.165) is 6.07 Å². The van der Waals surface area contributed by atoms with Gasteiger partial charge in [0.05, 0.1) is 11.7 Å². The number of hydrogen-bond acceptors (Lipinski definition) is 5. The molecule has 0 spiro atoms. The summed E-state index contributed by atoms with van der Waals surface area (Å²) in [7, 11) is -5.69. The van der Waals surface area contributed by atoms with Gasteiger partial charge in [0.25, 0.3) is 0 Å². The first-order valence-electron chi connectivity index (χ1n) is 7.66. The lowest BCUT2D eigenvalue weighted by Crippen LogP contribution is -2.48. The molecule has 1 aliphatic carbocycles. The highest BCUT2D eigenvalue weighted by atomic mass is 32.2. The van der Waals surface area contributed by atoms with E-state index in [1.165, 1.54) is 6.07 Å². The molecule has 1 aromatic heterocycles. The zero-order valence-corrected chi connectivity index (χ0v) is 13.9. The lowest BCUT2D eigenvalue weighted by molar-refractivity contribution is -0.137. The van der Waals surface area contributed by atoms with Crippen LogP contribution in [0.15, 0.2) is 18.3 Å². The monoisotopic (exact) mass is 404 g/mol. The molecule has 1 saturated carbocycles. The number of aromatic nitrogens is 1. The zero-order valence-electron chi connectivity index (χ0n) is 13.1. The molecule has 1 unspecified atom stereocenters. The number of fused-ring (bicyclic) bond motifs is 2. The molecule has 0 radical (unpaired) electrons. The standard InChI is InChI=1S/C14H14F6N2O3S/c15-13(16,17)10-3-4-11(21-5-10)22-6-8-1-2-9(7-22)12(8)25-26(23,24)14(18,19)20/h3-5,8-9,12H,1-2,6-7H2/t8-,9+,12?. The SMILES string of the molecule is O=S(=O)(OC1[C@@H]2CC[C@H]1CN(c1ccc(C(F)(F)F)cn1)C2)C(F)(F)F. The van der Waals surface area contributed by atoms with Crippen LogP contribution in [0.5, 0.6) is 0 Å². The molecule has 1 aromatic rings. The molecule has 3 atom stereocenters. The molecular formula is C14H14F6N2O3S. The molecular weight excluding hydrogens is 390 g/mol. The lowest BCUT2D eigenvalue weighted by Gasteiger charge is -2.38. The van der Waals surface area contributed by atoms with E-state index in [4.69, 9.17) is 0 Å². The minimum atomic E-state index is -5.69. The van der Waals surface area contributed by atoms with Crippen LogP contribution < -0.4 is 4.90 Å². The van der Waals surface area contributed by atoms with Gasteiger partial charge in [-0.25, -0.2) is 4.98 Å². The summed E-state index contributed by atoms with van der Waals surface area (Å²) in [5.41, 5.74) is -6.39. The van der Waals surface area contributed by atoms with E-state index >= 15 is 0 Å². The molecule has 5 nitrogen and oxygen atoms in total. The van der Waals surface area contributed by atoms with E-state index in [-0.39, 0.29) is 18.9 Å². The molecule has 2 fully saturated rings. The summed E-state index contributed by atoms with van der Waals surface area (Å²) in [5, 5.41) is 0. The first-order valence-corrected chi connectivity index (χ1v) is 9.07. The number of piperidine rings is 1. The fourth-order valence-corrected chi connectivity index (χ4v) is 4.17. The first-order chi connectivity index (χ1) is 11.9. The average molecular weight is 404 g/mol. The number of anilines is 1. The molecule has 0 N–H and O–H groups in total. The van der Waals surface area contributed by atoms with Crippen LogP contribution >= 0.6 is 0 Å². The number of hydrogen-bond donors (Lipinski definition) is 0. The molecule has 2 heterocycles. The second kappa shape index (κ2) is 6.25. The van der Waals surface area contributed by atoms with Crippen molar-refractivity contribution in [3.05, 3.63) is 23.9 Å². The number of halogens is 6. The molecule has 1 saturated heterocycles. The van der Waals surface area contributed by atoms with Crippen LogP contribution in [-0.4, -0.2) is 38.1 Å². The minimum absolute atomic E-state index is 0.160. The van der Waals surface area contributed by atoms with Crippen LogP contribution in [0.4, 0.5) is 32.2 Å². The Morgan fingerprint density at radius 1 is 1.04 bits per heavy atom. The Morgan fingerprint density at radius 2 is 1.62 bits per heavy atom. The van der Waals surface area contributed by atoms with Gasteiger partial charge < -0.3 is 4.90 Å². The Hall–Kier alpha value is -1.56. The van der Waals surface area contributed by atoms with Gasteiger partial charge in [-0.15, -0.1) is 0 Å². The van der Waals surface area contributed by atoms with Gasteiger partial charge in [0.2, 0.25) is 0 Å². The van der Waals surface area contributed by atoms with Crippen molar-refractivity contribution in [3.63, 3.8) is 0 Å². The van der Waals surface area contributed by atoms with Gasteiger partial charge in [0, 0.05) is 31.1 Å². The van der Waals surface area contributed by atoms with Crippen LogP contribution in [0.2, 0.25) is 0 Å². The Kier molecular flexibility index (Phi) is 4.62. The Labute approximate surface area is 145 Å². The van der Waals surface area contributed by atoms with Gasteiger partial charge >= 0.3 is 21.8 Å². The van der Waals surface area contributed by atoms with E-state index < -0.39 is 45.3 Å². The third-order valence-corrected chi connectivity index (χ3v) is 5.71. The molecule has 26 heavy (non-hydrogen) atoms. The minimum Gasteiger partial charge on any atom is -0.356 e. The summed E-state index contributed by atoms with van der Waals surface area (Å²) in [5.74, 6) is -0.697. The molecule has 2 aliphatic rings. The lowest BCUT2D eigenvalue weighted by atomic mass is 9.95. The molecule has 0 aromatic carbocycles. The summed E-state index contributed by atoms with van der Waals surface area (Å²) >= 11 is 0. The highest BCUT2D eigenvalue weighted by Gasteiger charge is 2.53. The molecule has 12 heteroatoms. The summed E-state index contributed by atoms with van der Waals surface area (Å²) < 4.78 is 102. The number of rotatable bonds is 3.